The summed E-state index contributed by atoms with van der Waals surface area (Å²) in [5.41, 5.74) is 2.82. The van der Waals surface area contributed by atoms with E-state index in [9.17, 15) is 14.4 Å². The van der Waals surface area contributed by atoms with Gasteiger partial charge in [0.2, 0.25) is 0 Å². The highest BCUT2D eigenvalue weighted by Crippen LogP contribution is 2.17. The molecular weight excluding hydrogens is 380 g/mol. The van der Waals surface area contributed by atoms with Crippen molar-refractivity contribution in [2.45, 2.75) is 13.8 Å². The zero-order valence-electron chi connectivity index (χ0n) is 16.8. The molecule has 0 aromatic heterocycles. The molecule has 0 saturated carbocycles. The number of anilines is 2. The number of hydrogen-bond acceptors (Lipinski definition) is 4. The molecule has 0 bridgehead atoms. The van der Waals surface area contributed by atoms with Crippen LogP contribution in [0.1, 0.15) is 33.2 Å². The van der Waals surface area contributed by atoms with Crippen LogP contribution >= 0.6 is 0 Å². The first-order valence-electron chi connectivity index (χ1n) is 9.53. The van der Waals surface area contributed by atoms with Crippen LogP contribution < -0.4 is 15.4 Å². The number of ketones is 1. The summed E-state index contributed by atoms with van der Waals surface area (Å²) in [5.74, 6) is -0.902. The van der Waals surface area contributed by atoms with Crippen LogP contribution in [-0.2, 0) is 4.79 Å². The van der Waals surface area contributed by atoms with Crippen molar-refractivity contribution in [2.24, 2.45) is 0 Å². The standard InChI is InChI=1S/C24H22N2O4/c1-3-30-21-14-12-20(13-15-21)25-23(28)18-8-10-19(11-9-18)26-24(29)22(27)17-6-4-16(2)5-7-17/h4-15H,3H2,1-2H3,(H,25,28)(H,26,29). The maximum absolute atomic E-state index is 12.4. The van der Waals surface area contributed by atoms with E-state index in [1.54, 1.807) is 72.8 Å². The zero-order chi connectivity index (χ0) is 21.5. The molecule has 0 aliphatic carbocycles. The van der Waals surface area contributed by atoms with E-state index in [0.29, 0.717) is 29.1 Å². The van der Waals surface area contributed by atoms with Crippen molar-refractivity contribution < 1.29 is 19.1 Å². The van der Waals surface area contributed by atoms with Gasteiger partial charge in [-0.1, -0.05) is 29.8 Å². The third-order valence-electron chi connectivity index (χ3n) is 4.35. The van der Waals surface area contributed by atoms with Gasteiger partial charge in [-0.2, -0.15) is 0 Å². The van der Waals surface area contributed by atoms with E-state index in [2.05, 4.69) is 10.6 Å². The van der Waals surface area contributed by atoms with Gasteiger partial charge in [-0.3, -0.25) is 14.4 Å². The second kappa shape index (κ2) is 9.52. The van der Waals surface area contributed by atoms with Gasteiger partial charge in [-0.05, 0) is 62.4 Å². The van der Waals surface area contributed by atoms with E-state index in [1.807, 2.05) is 13.8 Å². The highest BCUT2D eigenvalue weighted by Gasteiger charge is 2.16. The molecule has 2 amide bonds. The Bertz CT molecular complexity index is 1040. The lowest BCUT2D eigenvalue weighted by molar-refractivity contribution is -0.112. The molecule has 0 atom stereocenters. The molecule has 0 saturated heterocycles. The molecule has 3 rings (SSSR count). The predicted molar refractivity (Wildman–Crippen MR) is 116 cm³/mol. The smallest absolute Gasteiger partial charge is 0.296 e. The normalized spacial score (nSPS) is 10.2. The molecule has 3 aromatic carbocycles. The Balaban J connectivity index is 1.59. The van der Waals surface area contributed by atoms with E-state index < -0.39 is 11.7 Å². The van der Waals surface area contributed by atoms with Crippen molar-refractivity contribution in [3.05, 3.63) is 89.5 Å². The number of ether oxygens (including phenoxy) is 1. The average Bonchev–Trinajstić information content (AvgIpc) is 2.76. The first-order valence-corrected chi connectivity index (χ1v) is 9.53. The Morgan fingerprint density at radius 2 is 1.27 bits per heavy atom. The first kappa shape index (κ1) is 20.8. The van der Waals surface area contributed by atoms with E-state index in [4.69, 9.17) is 4.74 Å². The van der Waals surface area contributed by atoms with Crippen molar-refractivity contribution >= 4 is 29.0 Å². The van der Waals surface area contributed by atoms with Crippen molar-refractivity contribution in [2.75, 3.05) is 17.2 Å². The van der Waals surface area contributed by atoms with E-state index >= 15 is 0 Å². The number of benzene rings is 3. The number of nitrogens with one attached hydrogen (secondary N) is 2. The minimum Gasteiger partial charge on any atom is -0.494 e. The van der Waals surface area contributed by atoms with Crippen molar-refractivity contribution in [1.29, 1.82) is 0 Å². The summed E-state index contributed by atoms with van der Waals surface area (Å²) in [5, 5.41) is 5.35. The van der Waals surface area contributed by atoms with Crippen LogP contribution in [0.3, 0.4) is 0 Å². The Morgan fingerprint density at radius 3 is 1.87 bits per heavy atom. The molecule has 0 aliphatic heterocycles. The van der Waals surface area contributed by atoms with E-state index in [0.717, 1.165) is 11.3 Å². The average molecular weight is 402 g/mol. The molecule has 0 fully saturated rings. The Hall–Kier alpha value is -3.93. The second-order valence-electron chi connectivity index (χ2n) is 6.64. The lowest BCUT2D eigenvalue weighted by Gasteiger charge is -2.08. The van der Waals surface area contributed by atoms with Gasteiger partial charge in [0, 0.05) is 22.5 Å². The Morgan fingerprint density at radius 1 is 0.733 bits per heavy atom. The summed E-state index contributed by atoms with van der Waals surface area (Å²) >= 11 is 0. The van der Waals surface area contributed by atoms with Gasteiger partial charge < -0.3 is 15.4 Å². The van der Waals surface area contributed by atoms with E-state index in [-0.39, 0.29) is 5.91 Å². The maximum Gasteiger partial charge on any atom is 0.296 e. The lowest BCUT2D eigenvalue weighted by atomic mass is 10.1. The summed E-state index contributed by atoms with van der Waals surface area (Å²) in [4.78, 5) is 36.8. The van der Waals surface area contributed by atoms with Gasteiger partial charge in [0.25, 0.3) is 17.6 Å². The molecule has 0 spiro atoms. The van der Waals surface area contributed by atoms with Crippen LogP contribution in [0.4, 0.5) is 11.4 Å². The fourth-order valence-electron chi connectivity index (χ4n) is 2.73. The molecule has 0 radical (unpaired) electrons. The molecule has 6 nitrogen and oxygen atoms in total. The van der Waals surface area contributed by atoms with Gasteiger partial charge in [0.15, 0.2) is 0 Å². The summed E-state index contributed by atoms with van der Waals surface area (Å²) in [6.07, 6.45) is 0. The van der Waals surface area contributed by atoms with Gasteiger partial charge in [-0.25, -0.2) is 0 Å². The molecule has 0 heterocycles. The number of amides is 2. The lowest BCUT2D eigenvalue weighted by Crippen LogP contribution is -2.22. The zero-order valence-corrected chi connectivity index (χ0v) is 16.8. The van der Waals surface area contributed by atoms with E-state index in [1.165, 1.54) is 0 Å². The monoisotopic (exact) mass is 402 g/mol. The number of Topliss-reactive ketones (excluding diaryl/α,β-unsaturated/α-hetero) is 1. The topological polar surface area (TPSA) is 84.5 Å². The largest absolute Gasteiger partial charge is 0.494 e. The first-order chi connectivity index (χ1) is 14.5. The molecular formula is C24H22N2O4. The fourth-order valence-corrected chi connectivity index (χ4v) is 2.73. The van der Waals surface area contributed by atoms with Gasteiger partial charge in [-0.15, -0.1) is 0 Å². The third-order valence-corrected chi connectivity index (χ3v) is 4.35. The summed E-state index contributed by atoms with van der Waals surface area (Å²) < 4.78 is 5.37. The Kier molecular flexibility index (Phi) is 6.60. The SMILES string of the molecule is CCOc1ccc(NC(=O)c2ccc(NC(=O)C(=O)c3ccc(C)cc3)cc2)cc1. The van der Waals surface area contributed by atoms with Crippen LogP contribution in [0.2, 0.25) is 0 Å². The van der Waals surface area contributed by atoms with Crippen LogP contribution in [0.15, 0.2) is 72.8 Å². The summed E-state index contributed by atoms with van der Waals surface area (Å²) in [6, 6.07) is 20.2. The molecule has 0 unspecified atom stereocenters. The Labute approximate surface area is 174 Å². The minimum absolute atomic E-state index is 0.284. The van der Waals surface area contributed by atoms with Crippen LogP contribution in [0.5, 0.6) is 5.75 Å². The van der Waals surface area contributed by atoms with Crippen molar-refractivity contribution in [3.8, 4) is 5.75 Å². The quantitative estimate of drug-likeness (QED) is 0.451. The molecule has 2 N–H and O–H groups in total. The predicted octanol–water partition coefficient (Wildman–Crippen LogP) is 4.47. The van der Waals surface area contributed by atoms with Crippen molar-refractivity contribution in [3.63, 3.8) is 0 Å². The minimum atomic E-state index is -0.731. The molecule has 6 heteroatoms. The van der Waals surface area contributed by atoms with Crippen LogP contribution in [0, 0.1) is 6.92 Å². The van der Waals surface area contributed by atoms with Gasteiger partial charge in [0.05, 0.1) is 6.61 Å². The third kappa shape index (κ3) is 5.32. The fraction of sp³-hybridized carbons (Fsp3) is 0.125. The number of aryl methyl sites for hydroxylation is 1. The maximum atomic E-state index is 12.4. The highest BCUT2D eigenvalue weighted by molar-refractivity contribution is 6.46. The molecule has 3 aromatic rings. The van der Waals surface area contributed by atoms with Crippen LogP contribution in [0.25, 0.3) is 0 Å². The van der Waals surface area contributed by atoms with Gasteiger partial charge >= 0.3 is 0 Å². The summed E-state index contributed by atoms with van der Waals surface area (Å²) in [6.45, 7) is 4.38. The van der Waals surface area contributed by atoms with Crippen molar-refractivity contribution in [1.82, 2.24) is 0 Å². The molecule has 152 valence electrons. The van der Waals surface area contributed by atoms with Gasteiger partial charge in [0.1, 0.15) is 5.75 Å². The summed E-state index contributed by atoms with van der Waals surface area (Å²) in [7, 11) is 0. The highest BCUT2D eigenvalue weighted by atomic mass is 16.5. The van der Waals surface area contributed by atoms with Crippen LogP contribution in [-0.4, -0.2) is 24.2 Å². The second-order valence-corrected chi connectivity index (χ2v) is 6.64. The molecule has 0 aliphatic rings. The number of hydrogen-bond donors (Lipinski definition) is 2. The molecule has 30 heavy (non-hydrogen) atoms. The number of carbonyl (C=O) groups excluding carboxylic acids is 3. The number of carbonyl (C=O) groups is 3. The number of rotatable bonds is 7.